The maximum absolute atomic E-state index is 4.57. The summed E-state index contributed by atoms with van der Waals surface area (Å²) < 4.78 is 1.79. The largest absolute Gasteiger partial charge is 0.316 e. The second-order valence-electron chi connectivity index (χ2n) is 3.97. The first-order chi connectivity index (χ1) is 7.34. The van der Waals surface area contributed by atoms with Crippen LogP contribution in [0.3, 0.4) is 0 Å². The molecule has 1 unspecified atom stereocenters. The van der Waals surface area contributed by atoms with Gasteiger partial charge in [0, 0.05) is 25.7 Å². The molecule has 5 nitrogen and oxygen atoms in total. The van der Waals surface area contributed by atoms with Gasteiger partial charge in [0.15, 0.2) is 5.65 Å². The van der Waals surface area contributed by atoms with Gasteiger partial charge in [-0.25, -0.2) is 9.97 Å². The minimum atomic E-state index is 0.462. The Hall–Kier alpha value is -1.49. The molecule has 0 radical (unpaired) electrons. The van der Waals surface area contributed by atoms with E-state index in [0.29, 0.717) is 5.92 Å². The Balaban J connectivity index is 2.08. The lowest BCUT2D eigenvalue weighted by Gasteiger charge is -2.05. The van der Waals surface area contributed by atoms with Gasteiger partial charge in [0.1, 0.15) is 5.82 Å². The SMILES string of the molecule is Cn1ncc2cnc(C3CCNC3)nc21. The highest BCUT2D eigenvalue weighted by atomic mass is 15.3. The zero-order valence-corrected chi connectivity index (χ0v) is 8.64. The van der Waals surface area contributed by atoms with Crippen LogP contribution >= 0.6 is 0 Å². The van der Waals surface area contributed by atoms with Crippen molar-refractivity contribution in [1.29, 1.82) is 0 Å². The normalized spacial score (nSPS) is 21.3. The van der Waals surface area contributed by atoms with Crippen LogP contribution in [0.2, 0.25) is 0 Å². The molecule has 0 amide bonds. The summed E-state index contributed by atoms with van der Waals surface area (Å²) in [5, 5.41) is 8.49. The summed E-state index contributed by atoms with van der Waals surface area (Å²) in [5.41, 5.74) is 0.923. The molecule has 2 aromatic heterocycles. The molecule has 1 saturated heterocycles. The smallest absolute Gasteiger partial charge is 0.161 e. The Kier molecular flexibility index (Phi) is 1.92. The molecule has 78 valence electrons. The Labute approximate surface area is 87.5 Å². The summed E-state index contributed by atoms with van der Waals surface area (Å²) in [6.07, 6.45) is 4.79. The highest BCUT2D eigenvalue weighted by Gasteiger charge is 2.19. The van der Waals surface area contributed by atoms with Crippen LogP contribution in [0.1, 0.15) is 18.2 Å². The number of rotatable bonds is 1. The van der Waals surface area contributed by atoms with E-state index in [9.17, 15) is 0 Å². The van der Waals surface area contributed by atoms with Crippen LogP contribution in [-0.4, -0.2) is 32.8 Å². The highest BCUT2D eigenvalue weighted by molar-refractivity contribution is 5.73. The fourth-order valence-electron chi connectivity index (χ4n) is 2.02. The molecule has 0 bridgehead atoms. The van der Waals surface area contributed by atoms with Gasteiger partial charge in [0.05, 0.1) is 11.6 Å². The van der Waals surface area contributed by atoms with Crippen molar-refractivity contribution in [1.82, 2.24) is 25.1 Å². The Bertz CT molecular complexity index is 484. The van der Waals surface area contributed by atoms with Crippen molar-refractivity contribution in [3.05, 3.63) is 18.2 Å². The number of nitrogens with one attached hydrogen (secondary N) is 1. The molecule has 3 rings (SSSR count). The molecule has 0 aromatic carbocycles. The predicted molar refractivity (Wildman–Crippen MR) is 56.5 cm³/mol. The Morgan fingerprint density at radius 1 is 1.47 bits per heavy atom. The predicted octanol–water partition coefficient (Wildman–Crippen LogP) is 0.440. The van der Waals surface area contributed by atoms with Crippen molar-refractivity contribution in [3.63, 3.8) is 0 Å². The number of nitrogens with zero attached hydrogens (tertiary/aromatic N) is 4. The maximum Gasteiger partial charge on any atom is 0.161 e. The molecule has 0 aliphatic carbocycles. The van der Waals surface area contributed by atoms with Gasteiger partial charge < -0.3 is 5.32 Å². The van der Waals surface area contributed by atoms with E-state index in [1.54, 1.807) is 10.9 Å². The van der Waals surface area contributed by atoms with Gasteiger partial charge in [-0.1, -0.05) is 0 Å². The highest BCUT2D eigenvalue weighted by Crippen LogP contribution is 2.20. The van der Waals surface area contributed by atoms with E-state index in [-0.39, 0.29) is 0 Å². The lowest BCUT2D eigenvalue weighted by molar-refractivity contribution is 0.698. The molecule has 5 heteroatoms. The molecule has 15 heavy (non-hydrogen) atoms. The van der Waals surface area contributed by atoms with Gasteiger partial charge in [-0.05, 0) is 13.0 Å². The molecule has 1 N–H and O–H groups in total. The molecule has 1 aliphatic heterocycles. The minimum Gasteiger partial charge on any atom is -0.316 e. The fourth-order valence-corrected chi connectivity index (χ4v) is 2.02. The van der Waals surface area contributed by atoms with Crippen LogP contribution in [0, 0.1) is 0 Å². The first kappa shape index (κ1) is 8.79. The summed E-state index contributed by atoms with van der Waals surface area (Å²) in [6.45, 7) is 2.06. The maximum atomic E-state index is 4.57. The zero-order chi connectivity index (χ0) is 10.3. The summed E-state index contributed by atoms with van der Waals surface area (Å²) >= 11 is 0. The van der Waals surface area contributed by atoms with E-state index >= 15 is 0 Å². The van der Waals surface area contributed by atoms with Crippen molar-refractivity contribution in [2.75, 3.05) is 13.1 Å². The van der Waals surface area contributed by atoms with Crippen LogP contribution in [0.25, 0.3) is 11.0 Å². The van der Waals surface area contributed by atoms with E-state index in [2.05, 4.69) is 20.4 Å². The van der Waals surface area contributed by atoms with Crippen LogP contribution < -0.4 is 5.32 Å². The third-order valence-corrected chi connectivity index (χ3v) is 2.92. The molecule has 0 saturated carbocycles. The van der Waals surface area contributed by atoms with Gasteiger partial charge in [0.2, 0.25) is 0 Å². The Morgan fingerprint density at radius 2 is 2.40 bits per heavy atom. The first-order valence-corrected chi connectivity index (χ1v) is 5.20. The third-order valence-electron chi connectivity index (χ3n) is 2.92. The van der Waals surface area contributed by atoms with E-state index in [1.165, 1.54) is 0 Å². The number of hydrogen-bond acceptors (Lipinski definition) is 4. The van der Waals surface area contributed by atoms with Crippen molar-refractivity contribution in [2.45, 2.75) is 12.3 Å². The number of aryl methyl sites for hydroxylation is 1. The third kappa shape index (κ3) is 1.39. The first-order valence-electron chi connectivity index (χ1n) is 5.20. The summed E-state index contributed by atoms with van der Waals surface area (Å²) in [4.78, 5) is 8.96. The topological polar surface area (TPSA) is 55.6 Å². The van der Waals surface area contributed by atoms with Gasteiger partial charge in [-0.15, -0.1) is 0 Å². The Morgan fingerprint density at radius 3 is 3.20 bits per heavy atom. The van der Waals surface area contributed by atoms with Crippen LogP contribution in [0.5, 0.6) is 0 Å². The van der Waals surface area contributed by atoms with Crippen molar-refractivity contribution in [2.24, 2.45) is 7.05 Å². The van der Waals surface area contributed by atoms with Crippen LogP contribution in [0.15, 0.2) is 12.4 Å². The van der Waals surface area contributed by atoms with Crippen molar-refractivity contribution in [3.8, 4) is 0 Å². The average Bonchev–Trinajstić information content (AvgIpc) is 2.88. The van der Waals surface area contributed by atoms with E-state index in [4.69, 9.17) is 0 Å². The number of aromatic nitrogens is 4. The summed E-state index contributed by atoms with van der Waals surface area (Å²) in [5.74, 6) is 1.40. The van der Waals surface area contributed by atoms with E-state index in [0.717, 1.165) is 36.4 Å². The van der Waals surface area contributed by atoms with Gasteiger partial charge >= 0.3 is 0 Å². The van der Waals surface area contributed by atoms with Gasteiger partial charge in [-0.3, -0.25) is 4.68 Å². The number of fused-ring (bicyclic) bond motifs is 1. The molecular formula is C10H13N5. The minimum absolute atomic E-state index is 0.462. The van der Waals surface area contributed by atoms with E-state index < -0.39 is 0 Å². The van der Waals surface area contributed by atoms with Crippen LogP contribution in [0.4, 0.5) is 0 Å². The molecule has 1 fully saturated rings. The van der Waals surface area contributed by atoms with Gasteiger partial charge in [0.25, 0.3) is 0 Å². The molecule has 3 heterocycles. The quantitative estimate of drug-likeness (QED) is 0.730. The van der Waals surface area contributed by atoms with E-state index in [1.807, 2.05) is 13.2 Å². The molecule has 0 spiro atoms. The molecule has 2 aromatic rings. The molecule has 1 atom stereocenters. The zero-order valence-electron chi connectivity index (χ0n) is 8.64. The summed E-state index contributed by atoms with van der Waals surface area (Å²) in [7, 11) is 1.91. The number of hydrogen-bond donors (Lipinski definition) is 1. The standard InChI is InChI=1S/C10H13N5/c1-15-10-8(6-13-15)5-12-9(14-10)7-2-3-11-4-7/h5-7,11H,2-4H2,1H3. The van der Waals surface area contributed by atoms with Crippen molar-refractivity contribution >= 4 is 11.0 Å². The van der Waals surface area contributed by atoms with Crippen LogP contribution in [-0.2, 0) is 7.05 Å². The molecular weight excluding hydrogens is 190 g/mol. The lowest BCUT2D eigenvalue weighted by Crippen LogP contribution is -2.10. The lowest BCUT2D eigenvalue weighted by atomic mass is 10.1. The summed E-state index contributed by atoms with van der Waals surface area (Å²) in [6, 6.07) is 0. The van der Waals surface area contributed by atoms with Crippen molar-refractivity contribution < 1.29 is 0 Å². The fraction of sp³-hybridized carbons (Fsp3) is 0.500. The second kappa shape index (κ2) is 3.27. The molecule has 1 aliphatic rings. The van der Waals surface area contributed by atoms with Gasteiger partial charge in [-0.2, -0.15) is 5.10 Å². The second-order valence-corrected chi connectivity index (χ2v) is 3.97. The monoisotopic (exact) mass is 203 g/mol. The average molecular weight is 203 g/mol.